The van der Waals surface area contributed by atoms with Gasteiger partial charge in [-0.1, -0.05) is 44.0 Å². The molecule has 0 bridgehead atoms. The maximum atomic E-state index is 15.3. The van der Waals surface area contributed by atoms with Gasteiger partial charge in [0.1, 0.15) is 30.4 Å². The number of nitrogens with one attached hydrogen (secondary N) is 1. The van der Waals surface area contributed by atoms with Gasteiger partial charge >= 0.3 is 5.97 Å². The van der Waals surface area contributed by atoms with E-state index < -0.39 is 105 Å². The number of nitrogens with zero attached hydrogens (tertiary/aromatic N) is 2. The number of likely N-dealkylation sites (N-methyl/N-ethyl adjacent to an activating group) is 1. The first-order valence-corrected chi connectivity index (χ1v) is 30.0. The average Bonchev–Trinajstić information content (AvgIpc) is 3.44. The molecule has 19 nitrogen and oxygen atoms in total. The number of methoxy groups -OCH3 is 5. The zero-order chi connectivity index (χ0) is 58.9. The van der Waals surface area contributed by atoms with Gasteiger partial charge in [-0.3, -0.25) is 19.4 Å². The van der Waals surface area contributed by atoms with Crippen molar-refractivity contribution in [1.29, 1.82) is 0 Å². The Hall–Kier alpha value is -2.20. The molecular weight excluding hydrogens is 1200 g/mol. The third-order valence-electron chi connectivity index (χ3n) is 16.4. The highest BCUT2D eigenvalue weighted by Crippen LogP contribution is 2.45. The molecular formula is C56H86Cl2IN3O16S. The van der Waals surface area contributed by atoms with Crippen molar-refractivity contribution in [2.45, 2.75) is 171 Å². The highest BCUT2D eigenvalue weighted by molar-refractivity contribution is 14.1. The number of Topliss-reactive ketones (excluding diaryl/α,β-unsaturated/α-hetero) is 1. The van der Waals surface area contributed by atoms with Crippen molar-refractivity contribution in [2.24, 2.45) is 29.6 Å². The summed E-state index contributed by atoms with van der Waals surface area (Å²) in [6, 6.07) is 3.00. The van der Waals surface area contributed by atoms with E-state index in [0.717, 1.165) is 0 Å². The van der Waals surface area contributed by atoms with Crippen LogP contribution in [0.5, 0.6) is 11.5 Å². The van der Waals surface area contributed by atoms with Gasteiger partial charge < -0.3 is 72.5 Å². The first-order valence-electron chi connectivity index (χ1n) is 26.8. The van der Waals surface area contributed by atoms with Gasteiger partial charge in [-0.15, -0.1) is 0 Å². The highest BCUT2D eigenvalue weighted by atomic mass is 127. The van der Waals surface area contributed by atoms with Crippen LogP contribution >= 0.6 is 57.6 Å². The summed E-state index contributed by atoms with van der Waals surface area (Å²) in [5, 5.41) is 26.3. The quantitative estimate of drug-likeness (QED) is 0.0371. The largest absolute Gasteiger partial charge is 0.493 e. The zero-order valence-corrected chi connectivity index (χ0v) is 53.2. The number of thioether (sulfide) groups is 1. The normalized spacial score (nSPS) is 36.1. The fraction of sp³-hybridized carbons (Fsp3) is 0.750. The molecule has 3 aliphatic heterocycles. The van der Waals surface area contributed by atoms with E-state index in [1.165, 1.54) is 40.8 Å². The van der Waals surface area contributed by atoms with E-state index in [4.69, 9.17) is 75.3 Å². The molecule has 0 spiro atoms. The molecule has 3 N–H and O–H groups in total. The van der Waals surface area contributed by atoms with Crippen LogP contribution in [0.4, 0.5) is 5.69 Å². The molecule has 0 aliphatic carbocycles. The molecule has 23 heteroatoms. The topological polar surface area (TPSA) is 221 Å². The summed E-state index contributed by atoms with van der Waals surface area (Å²) in [7, 11) is 11.4. The molecule has 5 rings (SSSR count). The van der Waals surface area contributed by atoms with Crippen LogP contribution in [-0.2, 0) is 58.6 Å². The molecule has 448 valence electrons. The number of alkyl halides is 1. The summed E-state index contributed by atoms with van der Waals surface area (Å²) in [6.45, 7) is 16.3. The monoisotopic (exact) mass is 1290 g/mol. The lowest BCUT2D eigenvalue weighted by Gasteiger charge is -2.50. The van der Waals surface area contributed by atoms with Crippen LogP contribution < -0.4 is 14.8 Å². The van der Waals surface area contributed by atoms with Gasteiger partial charge in [0.25, 0.3) is 5.91 Å². The number of ether oxygens (including phenoxy) is 11. The number of esters is 1. The molecule has 79 heavy (non-hydrogen) atoms. The van der Waals surface area contributed by atoms with Gasteiger partial charge in [-0.25, -0.2) is 0 Å². The van der Waals surface area contributed by atoms with Gasteiger partial charge in [0.05, 0.1) is 71.5 Å². The number of pyridine rings is 1. The molecule has 1 aromatic carbocycles. The lowest BCUT2D eigenvalue weighted by Crippen LogP contribution is -2.61. The number of benzene rings is 1. The third-order valence-corrected chi connectivity index (χ3v) is 19.6. The molecule has 4 heterocycles. The average molecular weight is 1290 g/mol. The number of hydrogen-bond donors (Lipinski definition) is 3. The first-order chi connectivity index (χ1) is 37.2. The van der Waals surface area contributed by atoms with Crippen molar-refractivity contribution in [1.82, 2.24) is 9.88 Å². The van der Waals surface area contributed by atoms with Crippen LogP contribution in [0.25, 0.3) is 0 Å². The van der Waals surface area contributed by atoms with E-state index in [1.807, 2.05) is 60.5 Å². The number of aliphatic hydroxyl groups excluding tert-OH is 2. The molecule has 0 radical (unpaired) electrons. The second kappa shape index (κ2) is 29.6. The number of ketones is 1. The van der Waals surface area contributed by atoms with Crippen molar-refractivity contribution in [3.05, 3.63) is 45.7 Å². The Kier molecular flexibility index (Phi) is 25.3. The van der Waals surface area contributed by atoms with Gasteiger partial charge in [0, 0.05) is 81.0 Å². The number of carbonyl (C=O) groups excluding carboxylic acids is 3. The van der Waals surface area contributed by atoms with Crippen LogP contribution in [0.1, 0.15) is 104 Å². The SMILES string of the molecule is COCO[C@@]1(C)C(CSCCCc2c(C(=O)Nc3c(Cl)cncc3Cl)ccc(OC)c2OC)C(C)C(=O)[C@H](C)C[C@@](C)(OC)[C@H](O[C@@H]2OC(C)CC(N(C)C)[C@H]2O)[C@@H](C)[C@H](O[C@H]2CC(C)(OC)[C@@H](O)C(C)O2)C(C)C(=O)O[C@@H]1I. The Bertz CT molecular complexity index is 2330. The molecule has 1 aromatic heterocycles. The van der Waals surface area contributed by atoms with Crippen LogP contribution in [-0.4, -0.2) is 182 Å². The van der Waals surface area contributed by atoms with E-state index in [-0.39, 0.29) is 53.3 Å². The number of anilines is 1. The maximum absolute atomic E-state index is 15.3. The van der Waals surface area contributed by atoms with Gasteiger partial charge in [-0.2, -0.15) is 11.8 Å². The number of halogens is 3. The zero-order valence-electron chi connectivity index (χ0n) is 48.7. The van der Waals surface area contributed by atoms with Crippen molar-refractivity contribution < 1.29 is 76.7 Å². The van der Waals surface area contributed by atoms with E-state index in [2.05, 4.69) is 32.9 Å². The van der Waals surface area contributed by atoms with E-state index in [0.29, 0.717) is 53.4 Å². The minimum absolute atomic E-state index is 0.0934. The van der Waals surface area contributed by atoms with Crippen LogP contribution in [0.2, 0.25) is 10.0 Å². The lowest BCUT2D eigenvalue weighted by atomic mass is 9.72. The molecule has 3 saturated heterocycles. The number of aliphatic hydroxyl groups is 2. The molecule has 3 aliphatic rings. The fourth-order valence-corrected chi connectivity index (χ4v) is 14.2. The van der Waals surface area contributed by atoms with E-state index >= 15 is 9.59 Å². The Morgan fingerprint density at radius 3 is 2.16 bits per heavy atom. The predicted molar refractivity (Wildman–Crippen MR) is 310 cm³/mol. The Balaban J connectivity index is 1.54. The first kappa shape index (κ1) is 67.6. The number of rotatable bonds is 20. The molecule has 18 atom stereocenters. The second-order valence-electron chi connectivity index (χ2n) is 22.2. The predicted octanol–water partition coefficient (Wildman–Crippen LogP) is 8.64. The summed E-state index contributed by atoms with van der Waals surface area (Å²) in [4.78, 5) is 50.3. The minimum atomic E-state index is -1.32. The number of carbonyl (C=O) groups is 3. The van der Waals surface area contributed by atoms with Crippen molar-refractivity contribution >= 4 is 80.9 Å². The fourth-order valence-electron chi connectivity index (χ4n) is 11.5. The van der Waals surface area contributed by atoms with E-state index in [9.17, 15) is 15.0 Å². The van der Waals surface area contributed by atoms with Gasteiger partial charge in [-0.05, 0) is 128 Å². The van der Waals surface area contributed by atoms with Crippen LogP contribution in [0, 0.1) is 29.6 Å². The Labute approximate surface area is 495 Å². The van der Waals surface area contributed by atoms with Crippen molar-refractivity contribution in [3.63, 3.8) is 0 Å². The Morgan fingerprint density at radius 2 is 1.57 bits per heavy atom. The van der Waals surface area contributed by atoms with Gasteiger partial charge in [0.15, 0.2) is 28.2 Å². The number of hydrogen-bond acceptors (Lipinski definition) is 19. The maximum Gasteiger partial charge on any atom is 0.312 e. The highest BCUT2D eigenvalue weighted by Gasteiger charge is 2.55. The van der Waals surface area contributed by atoms with Crippen molar-refractivity contribution in [3.8, 4) is 11.5 Å². The third kappa shape index (κ3) is 15.8. The van der Waals surface area contributed by atoms with Crippen LogP contribution in [0.3, 0.4) is 0 Å². The molecule has 2 aromatic rings. The lowest BCUT2D eigenvalue weighted by molar-refractivity contribution is -0.319. The smallest absolute Gasteiger partial charge is 0.312 e. The number of amides is 1. The second-order valence-corrected chi connectivity index (χ2v) is 25.3. The molecule has 7 unspecified atom stereocenters. The van der Waals surface area contributed by atoms with Crippen molar-refractivity contribution in [2.75, 3.05) is 73.3 Å². The summed E-state index contributed by atoms with van der Waals surface area (Å²) in [6.07, 6.45) is -2.66. The van der Waals surface area contributed by atoms with Crippen LogP contribution in [0.15, 0.2) is 24.5 Å². The molecule has 0 saturated carbocycles. The summed E-state index contributed by atoms with van der Waals surface area (Å²) < 4.78 is 68.2. The standard InChI is InChI=1S/C56H86Cl2IN3O16S/c1-29-23-55(8,72-16)49(77-52-45(64)40(62(10)11)22-30(2)74-52)32(4)46(76-42-24-54(7,71-15)48(65)34(6)75-42)33(5)51(67)78-53(59)56(9,73-28-68-12)37(31(3)44(29)63)27-79-21-17-18-35-36(19-20-41(69-13)47(35)70-14)50(66)61-43-38(57)25-60-26-39(43)58/h19-20,25-26,29-34,37,40,42,45-46,48-49,52-53,64-65H,17-18,21-24,27-28H2,1-16H3,(H,60,61,66)/t29-,30?,31?,32+,33?,34?,37?,40?,42+,45-,46+,48+,49-,52+,53+,54?,55-,56+/m1/s1. The van der Waals surface area contributed by atoms with E-state index in [1.54, 1.807) is 51.8 Å². The summed E-state index contributed by atoms with van der Waals surface area (Å²) >= 11 is 16.4. The van der Waals surface area contributed by atoms with Gasteiger partial charge in [0.2, 0.25) is 0 Å². The molecule has 1 amide bonds. The molecule has 3 fully saturated rings. The summed E-state index contributed by atoms with van der Waals surface area (Å²) in [5.74, 6) is -3.09. The summed E-state index contributed by atoms with van der Waals surface area (Å²) in [5.41, 5.74) is -2.51. The minimum Gasteiger partial charge on any atom is -0.493 e. The number of aromatic nitrogens is 1. The Morgan fingerprint density at radius 1 is 0.911 bits per heavy atom. The number of cyclic esters (lactones) is 1.